The van der Waals surface area contributed by atoms with Crippen molar-refractivity contribution < 1.29 is 5.11 Å². The van der Waals surface area contributed by atoms with Gasteiger partial charge in [-0.25, -0.2) is 0 Å². The maximum absolute atomic E-state index is 10.2. The highest BCUT2D eigenvalue weighted by Gasteiger charge is 2.16. The van der Waals surface area contributed by atoms with Gasteiger partial charge in [-0.05, 0) is 24.5 Å². The molecule has 2 aromatic heterocycles. The average Bonchev–Trinajstić information content (AvgIpc) is 3.07. The molecular formula is C13H14N4OS. The summed E-state index contributed by atoms with van der Waals surface area (Å²) in [5.74, 6) is 0. The molecule has 0 amide bonds. The first kappa shape index (κ1) is 12.3. The van der Waals surface area contributed by atoms with Gasteiger partial charge in [0.05, 0.1) is 11.2 Å². The monoisotopic (exact) mass is 274 g/mol. The van der Waals surface area contributed by atoms with Crippen molar-refractivity contribution in [1.29, 1.82) is 0 Å². The summed E-state index contributed by atoms with van der Waals surface area (Å²) in [5.41, 5.74) is 2.61. The number of aromatic nitrogens is 4. The van der Waals surface area contributed by atoms with Crippen LogP contribution in [0.3, 0.4) is 0 Å². The van der Waals surface area contributed by atoms with Crippen LogP contribution < -0.4 is 0 Å². The lowest BCUT2D eigenvalue weighted by atomic mass is 10.1. The van der Waals surface area contributed by atoms with Crippen molar-refractivity contribution in [2.24, 2.45) is 0 Å². The molecule has 3 aromatic rings. The highest BCUT2D eigenvalue weighted by Crippen LogP contribution is 2.23. The number of rotatable bonds is 4. The molecule has 1 atom stereocenters. The molecule has 6 heteroatoms. The first-order valence-electron chi connectivity index (χ1n) is 6.19. The van der Waals surface area contributed by atoms with E-state index < -0.39 is 6.10 Å². The van der Waals surface area contributed by atoms with E-state index in [-0.39, 0.29) is 0 Å². The molecule has 0 saturated heterocycles. The van der Waals surface area contributed by atoms with Crippen molar-refractivity contribution in [3.05, 3.63) is 41.0 Å². The zero-order valence-electron chi connectivity index (χ0n) is 10.5. The lowest BCUT2D eigenvalue weighted by Crippen LogP contribution is -2.04. The number of aryl methyl sites for hydroxylation is 1. The minimum Gasteiger partial charge on any atom is -0.386 e. The van der Waals surface area contributed by atoms with E-state index in [9.17, 15) is 5.11 Å². The van der Waals surface area contributed by atoms with Gasteiger partial charge in [-0.3, -0.25) is 4.68 Å². The van der Waals surface area contributed by atoms with Crippen LogP contribution in [-0.4, -0.2) is 24.5 Å². The molecule has 98 valence electrons. The number of hydrogen-bond acceptors (Lipinski definition) is 5. The molecule has 5 nitrogen and oxygen atoms in total. The second-order valence-corrected chi connectivity index (χ2v) is 4.94. The number of nitrogens with zero attached hydrogens (tertiary/aromatic N) is 4. The van der Waals surface area contributed by atoms with E-state index in [1.165, 1.54) is 11.5 Å². The zero-order valence-corrected chi connectivity index (χ0v) is 11.3. The number of hydrogen-bond donors (Lipinski definition) is 1. The van der Waals surface area contributed by atoms with Gasteiger partial charge in [0.15, 0.2) is 0 Å². The van der Waals surface area contributed by atoms with Crippen LogP contribution in [-0.2, 0) is 13.0 Å². The molecular weight excluding hydrogens is 260 g/mol. The second-order valence-electron chi connectivity index (χ2n) is 4.33. The Morgan fingerprint density at radius 3 is 2.95 bits per heavy atom. The smallest absolute Gasteiger partial charge is 0.104 e. The molecule has 0 aliphatic heterocycles. The van der Waals surface area contributed by atoms with Gasteiger partial charge >= 0.3 is 0 Å². The Kier molecular flexibility index (Phi) is 3.27. The van der Waals surface area contributed by atoms with E-state index in [2.05, 4.69) is 21.6 Å². The Hall–Kier alpha value is -1.79. The van der Waals surface area contributed by atoms with Crippen LogP contribution in [0.4, 0.5) is 0 Å². The number of benzene rings is 1. The molecule has 0 spiro atoms. The molecule has 0 radical (unpaired) electrons. The molecule has 0 aliphatic carbocycles. The average molecular weight is 274 g/mol. The Morgan fingerprint density at radius 1 is 1.37 bits per heavy atom. The normalized spacial score (nSPS) is 12.9. The predicted octanol–water partition coefficient (Wildman–Crippen LogP) is 2.18. The summed E-state index contributed by atoms with van der Waals surface area (Å²) >= 11 is 1.25. The molecule has 0 saturated carbocycles. The van der Waals surface area contributed by atoms with Crippen molar-refractivity contribution in [3.63, 3.8) is 0 Å². The molecule has 2 heterocycles. The van der Waals surface area contributed by atoms with Gasteiger partial charge < -0.3 is 5.11 Å². The zero-order chi connectivity index (χ0) is 13.2. The van der Waals surface area contributed by atoms with Crippen LogP contribution in [0.2, 0.25) is 0 Å². The number of aliphatic hydroxyl groups is 1. The van der Waals surface area contributed by atoms with Crippen LogP contribution in [0.1, 0.15) is 24.4 Å². The highest BCUT2D eigenvalue weighted by molar-refractivity contribution is 7.03. The lowest BCUT2D eigenvalue weighted by molar-refractivity contribution is 0.172. The summed E-state index contributed by atoms with van der Waals surface area (Å²) in [4.78, 5) is 0. The third-order valence-corrected chi connectivity index (χ3v) is 3.66. The Morgan fingerprint density at radius 2 is 2.21 bits per heavy atom. The molecule has 3 rings (SSSR count). The third-order valence-electron chi connectivity index (χ3n) is 3.14. The van der Waals surface area contributed by atoms with Gasteiger partial charge in [0, 0.05) is 23.7 Å². The minimum absolute atomic E-state index is 0.457. The first-order chi connectivity index (χ1) is 9.29. The largest absolute Gasteiger partial charge is 0.386 e. The molecule has 19 heavy (non-hydrogen) atoms. The molecule has 0 bridgehead atoms. The van der Waals surface area contributed by atoms with Gasteiger partial charge in [0.2, 0.25) is 0 Å². The summed E-state index contributed by atoms with van der Waals surface area (Å²) in [5, 5.41) is 21.5. The van der Waals surface area contributed by atoms with Crippen LogP contribution in [0, 0.1) is 0 Å². The topological polar surface area (TPSA) is 63.8 Å². The number of aliphatic hydroxyl groups excluding tert-OH is 1. The molecule has 1 N–H and O–H groups in total. The van der Waals surface area contributed by atoms with Gasteiger partial charge in [0.1, 0.15) is 11.8 Å². The fourth-order valence-corrected chi connectivity index (χ4v) is 2.69. The van der Waals surface area contributed by atoms with Gasteiger partial charge in [-0.2, -0.15) is 5.10 Å². The fraction of sp³-hybridized carbons (Fsp3) is 0.308. The minimum atomic E-state index is -0.651. The Bertz CT molecular complexity index is 677. The maximum atomic E-state index is 10.2. The molecule has 1 unspecified atom stereocenters. The lowest BCUT2D eigenvalue weighted by Gasteiger charge is -2.04. The van der Waals surface area contributed by atoms with Crippen LogP contribution in [0.15, 0.2) is 29.6 Å². The van der Waals surface area contributed by atoms with Crippen LogP contribution in [0.5, 0.6) is 0 Å². The standard InChI is InChI=1S/C13H14N4OS/c1-2-17-12-6-4-3-5-9(12)10(15-17)7-13(18)11-8-19-16-14-11/h3-6,8,13,18H,2,7H2,1H3. The molecule has 0 fully saturated rings. The van der Waals surface area contributed by atoms with E-state index in [0.717, 1.165) is 23.1 Å². The Labute approximate surface area is 114 Å². The summed E-state index contributed by atoms with van der Waals surface area (Å²) in [6.45, 7) is 2.87. The highest BCUT2D eigenvalue weighted by atomic mass is 32.1. The second kappa shape index (κ2) is 5.07. The van der Waals surface area contributed by atoms with E-state index in [1.807, 2.05) is 28.9 Å². The van der Waals surface area contributed by atoms with Gasteiger partial charge in [0.25, 0.3) is 0 Å². The van der Waals surface area contributed by atoms with E-state index >= 15 is 0 Å². The van der Waals surface area contributed by atoms with E-state index in [4.69, 9.17) is 0 Å². The van der Waals surface area contributed by atoms with E-state index in [1.54, 1.807) is 5.38 Å². The van der Waals surface area contributed by atoms with Crippen molar-refractivity contribution in [1.82, 2.24) is 19.4 Å². The number of para-hydroxylation sites is 1. The van der Waals surface area contributed by atoms with Gasteiger partial charge in [-0.15, -0.1) is 5.10 Å². The van der Waals surface area contributed by atoms with Crippen molar-refractivity contribution in [3.8, 4) is 0 Å². The molecule has 0 aliphatic rings. The quantitative estimate of drug-likeness (QED) is 0.792. The summed E-state index contributed by atoms with van der Waals surface area (Å²) in [7, 11) is 0. The summed E-state index contributed by atoms with van der Waals surface area (Å²) in [6, 6.07) is 8.08. The molecule has 1 aromatic carbocycles. The predicted molar refractivity (Wildman–Crippen MR) is 74.0 cm³/mol. The first-order valence-corrected chi connectivity index (χ1v) is 7.02. The summed E-state index contributed by atoms with van der Waals surface area (Å²) < 4.78 is 5.73. The fourth-order valence-electron chi connectivity index (χ4n) is 2.19. The van der Waals surface area contributed by atoms with Gasteiger partial charge in [-0.1, -0.05) is 22.7 Å². The maximum Gasteiger partial charge on any atom is 0.104 e. The van der Waals surface area contributed by atoms with E-state index in [0.29, 0.717) is 12.1 Å². The third kappa shape index (κ3) is 2.24. The SMILES string of the molecule is CCn1nc(CC(O)c2csnn2)c2ccccc21. The van der Waals surface area contributed by atoms with Crippen LogP contribution >= 0.6 is 11.5 Å². The Balaban J connectivity index is 1.97. The van der Waals surface area contributed by atoms with Crippen molar-refractivity contribution in [2.75, 3.05) is 0 Å². The summed E-state index contributed by atoms with van der Waals surface area (Å²) in [6.07, 6.45) is -0.193. The van der Waals surface area contributed by atoms with Crippen molar-refractivity contribution >= 4 is 22.4 Å². The van der Waals surface area contributed by atoms with Crippen LogP contribution in [0.25, 0.3) is 10.9 Å². The van der Waals surface area contributed by atoms with Crippen molar-refractivity contribution in [2.45, 2.75) is 26.0 Å². The number of fused-ring (bicyclic) bond motifs is 1.